The molecule has 1 aliphatic rings. The summed E-state index contributed by atoms with van der Waals surface area (Å²) in [5, 5.41) is 10.0. The van der Waals surface area contributed by atoms with Gasteiger partial charge in [-0.2, -0.15) is 0 Å². The summed E-state index contributed by atoms with van der Waals surface area (Å²) in [6, 6.07) is 6.10. The van der Waals surface area contributed by atoms with Gasteiger partial charge >= 0.3 is 0 Å². The predicted octanol–water partition coefficient (Wildman–Crippen LogP) is 3.24. The number of hydrogen-bond donors (Lipinski definition) is 1. The Bertz CT molecular complexity index is 347. The zero-order valence-electron chi connectivity index (χ0n) is 9.91. The normalized spacial score (nSPS) is 16.4. The molecular weight excluding hydrogens is 200 g/mol. The van der Waals surface area contributed by atoms with E-state index in [0.29, 0.717) is 0 Å². The third-order valence-corrected chi connectivity index (χ3v) is 3.15. The Kier molecular flexibility index (Phi) is 3.83. The van der Waals surface area contributed by atoms with Gasteiger partial charge in [-0.15, -0.1) is 0 Å². The number of benzene rings is 1. The molecule has 0 fully saturated rings. The second kappa shape index (κ2) is 5.35. The number of aliphatic hydroxyl groups excluding tert-OH is 1. The van der Waals surface area contributed by atoms with Crippen molar-refractivity contribution in [3.63, 3.8) is 0 Å². The fraction of sp³-hybridized carbons (Fsp3) is 0.571. The predicted molar refractivity (Wildman–Crippen MR) is 64.7 cm³/mol. The van der Waals surface area contributed by atoms with Crippen LogP contribution in [0.5, 0.6) is 5.75 Å². The monoisotopic (exact) mass is 220 g/mol. The lowest BCUT2D eigenvalue weighted by Crippen LogP contribution is -2.09. The highest BCUT2D eigenvalue weighted by Gasteiger charge is 2.13. The Balaban J connectivity index is 2.10. The van der Waals surface area contributed by atoms with Gasteiger partial charge in [0.1, 0.15) is 5.75 Å². The van der Waals surface area contributed by atoms with E-state index in [1.807, 2.05) is 12.1 Å². The topological polar surface area (TPSA) is 29.5 Å². The standard InChI is InChI=1S/C14H20O2/c1-2-3-6-13(15)11-7-8-14-12(10-11)5-4-9-16-14/h7-8,10,13,15H,2-6,9H2,1H3. The Labute approximate surface area is 97.3 Å². The SMILES string of the molecule is CCCCC(O)c1ccc2c(c1)CCCO2. The van der Waals surface area contributed by atoms with Crippen molar-refractivity contribution in [2.24, 2.45) is 0 Å². The van der Waals surface area contributed by atoms with Crippen molar-refractivity contribution in [3.05, 3.63) is 29.3 Å². The molecule has 0 saturated heterocycles. The van der Waals surface area contributed by atoms with Gasteiger partial charge in [-0.3, -0.25) is 0 Å². The maximum absolute atomic E-state index is 10.0. The first-order chi connectivity index (χ1) is 7.81. The van der Waals surface area contributed by atoms with Crippen LogP contribution in [0.1, 0.15) is 49.8 Å². The van der Waals surface area contributed by atoms with E-state index in [2.05, 4.69) is 13.0 Å². The van der Waals surface area contributed by atoms with E-state index in [-0.39, 0.29) is 6.10 Å². The van der Waals surface area contributed by atoms with Crippen LogP contribution in [0.25, 0.3) is 0 Å². The van der Waals surface area contributed by atoms with Gasteiger partial charge in [0.25, 0.3) is 0 Å². The van der Waals surface area contributed by atoms with Gasteiger partial charge in [-0.25, -0.2) is 0 Å². The Morgan fingerprint density at radius 1 is 1.44 bits per heavy atom. The quantitative estimate of drug-likeness (QED) is 0.844. The average Bonchev–Trinajstić information content (AvgIpc) is 2.35. The van der Waals surface area contributed by atoms with E-state index in [1.54, 1.807) is 0 Å². The molecule has 0 aliphatic carbocycles. The molecule has 1 aromatic rings. The van der Waals surface area contributed by atoms with Gasteiger partial charge in [-0.05, 0) is 42.5 Å². The summed E-state index contributed by atoms with van der Waals surface area (Å²) < 4.78 is 5.56. The zero-order chi connectivity index (χ0) is 11.4. The fourth-order valence-corrected chi connectivity index (χ4v) is 2.15. The second-order valence-electron chi connectivity index (χ2n) is 4.48. The number of hydrogen-bond acceptors (Lipinski definition) is 2. The summed E-state index contributed by atoms with van der Waals surface area (Å²) in [5.41, 5.74) is 2.29. The molecule has 2 heteroatoms. The lowest BCUT2D eigenvalue weighted by atomic mass is 9.98. The van der Waals surface area contributed by atoms with Crippen LogP contribution in [0.2, 0.25) is 0 Å². The van der Waals surface area contributed by atoms with E-state index < -0.39 is 0 Å². The van der Waals surface area contributed by atoms with Crippen LogP contribution in [0.15, 0.2) is 18.2 Å². The number of rotatable bonds is 4. The Hall–Kier alpha value is -1.02. The molecule has 88 valence electrons. The lowest BCUT2D eigenvalue weighted by molar-refractivity contribution is 0.164. The molecule has 1 aromatic carbocycles. The van der Waals surface area contributed by atoms with Gasteiger partial charge in [0.15, 0.2) is 0 Å². The van der Waals surface area contributed by atoms with E-state index in [0.717, 1.165) is 50.0 Å². The van der Waals surface area contributed by atoms with Crippen LogP contribution < -0.4 is 4.74 Å². The first-order valence-electron chi connectivity index (χ1n) is 6.25. The maximum atomic E-state index is 10.0. The summed E-state index contributed by atoms with van der Waals surface area (Å²) in [6.45, 7) is 2.97. The Morgan fingerprint density at radius 2 is 2.31 bits per heavy atom. The number of aliphatic hydroxyl groups is 1. The molecule has 1 aliphatic heterocycles. The summed E-state index contributed by atoms with van der Waals surface area (Å²) in [5.74, 6) is 0.998. The van der Waals surface area contributed by atoms with Crippen molar-refractivity contribution in [3.8, 4) is 5.75 Å². The molecular formula is C14H20O2. The largest absolute Gasteiger partial charge is 0.493 e. The van der Waals surface area contributed by atoms with E-state index in [1.165, 1.54) is 5.56 Å². The minimum atomic E-state index is -0.313. The summed E-state index contributed by atoms with van der Waals surface area (Å²) >= 11 is 0. The van der Waals surface area contributed by atoms with Gasteiger partial charge < -0.3 is 9.84 Å². The molecule has 0 aromatic heterocycles. The summed E-state index contributed by atoms with van der Waals surface area (Å²) in [6.07, 6.45) is 4.91. The minimum absolute atomic E-state index is 0.313. The van der Waals surface area contributed by atoms with Crippen LogP contribution in [0, 0.1) is 0 Å². The molecule has 0 radical (unpaired) electrons. The third kappa shape index (κ3) is 2.56. The highest BCUT2D eigenvalue weighted by molar-refractivity contribution is 5.39. The van der Waals surface area contributed by atoms with Crippen molar-refractivity contribution < 1.29 is 9.84 Å². The Morgan fingerprint density at radius 3 is 3.12 bits per heavy atom. The minimum Gasteiger partial charge on any atom is -0.493 e. The van der Waals surface area contributed by atoms with Gasteiger partial charge in [0.2, 0.25) is 0 Å². The van der Waals surface area contributed by atoms with Crippen LogP contribution in [0.3, 0.4) is 0 Å². The molecule has 0 amide bonds. The second-order valence-corrected chi connectivity index (χ2v) is 4.48. The molecule has 0 bridgehead atoms. The molecule has 0 spiro atoms. The lowest BCUT2D eigenvalue weighted by Gasteiger charge is -2.19. The van der Waals surface area contributed by atoms with Crippen LogP contribution in [-0.2, 0) is 6.42 Å². The maximum Gasteiger partial charge on any atom is 0.122 e. The number of ether oxygens (including phenoxy) is 1. The molecule has 1 unspecified atom stereocenters. The van der Waals surface area contributed by atoms with Crippen molar-refractivity contribution in [2.75, 3.05) is 6.61 Å². The van der Waals surface area contributed by atoms with E-state index in [4.69, 9.17) is 4.74 Å². The van der Waals surface area contributed by atoms with E-state index in [9.17, 15) is 5.11 Å². The highest BCUT2D eigenvalue weighted by Crippen LogP contribution is 2.29. The zero-order valence-corrected chi connectivity index (χ0v) is 9.91. The number of aryl methyl sites for hydroxylation is 1. The average molecular weight is 220 g/mol. The number of fused-ring (bicyclic) bond motifs is 1. The van der Waals surface area contributed by atoms with Crippen molar-refractivity contribution in [1.82, 2.24) is 0 Å². The van der Waals surface area contributed by atoms with Gasteiger partial charge in [0, 0.05) is 0 Å². The summed E-state index contributed by atoms with van der Waals surface area (Å²) in [7, 11) is 0. The van der Waals surface area contributed by atoms with E-state index >= 15 is 0 Å². The fourth-order valence-electron chi connectivity index (χ4n) is 2.15. The molecule has 16 heavy (non-hydrogen) atoms. The molecule has 1 N–H and O–H groups in total. The molecule has 2 rings (SSSR count). The third-order valence-electron chi connectivity index (χ3n) is 3.15. The smallest absolute Gasteiger partial charge is 0.122 e. The van der Waals surface area contributed by atoms with Crippen LogP contribution in [-0.4, -0.2) is 11.7 Å². The number of unbranched alkanes of at least 4 members (excludes halogenated alkanes) is 1. The molecule has 1 atom stereocenters. The van der Waals surface area contributed by atoms with Gasteiger partial charge in [-0.1, -0.05) is 25.8 Å². The van der Waals surface area contributed by atoms with Crippen molar-refractivity contribution in [2.45, 2.75) is 45.1 Å². The molecule has 0 saturated carbocycles. The highest BCUT2D eigenvalue weighted by atomic mass is 16.5. The van der Waals surface area contributed by atoms with Crippen molar-refractivity contribution >= 4 is 0 Å². The molecule has 1 heterocycles. The van der Waals surface area contributed by atoms with Crippen LogP contribution >= 0.6 is 0 Å². The first kappa shape index (κ1) is 11.5. The summed E-state index contributed by atoms with van der Waals surface area (Å²) in [4.78, 5) is 0. The molecule has 2 nitrogen and oxygen atoms in total. The van der Waals surface area contributed by atoms with Crippen molar-refractivity contribution in [1.29, 1.82) is 0 Å². The van der Waals surface area contributed by atoms with Crippen LogP contribution in [0.4, 0.5) is 0 Å². The van der Waals surface area contributed by atoms with Gasteiger partial charge in [0.05, 0.1) is 12.7 Å². The first-order valence-corrected chi connectivity index (χ1v) is 6.25.